The summed E-state index contributed by atoms with van der Waals surface area (Å²) < 4.78 is 11.3. The fourth-order valence-corrected chi connectivity index (χ4v) is 2.60. The number of nitrogens with two attached hydrogens (primary N) is 1. The number of fused-ring (bicyclic) bond motifs is 1. The van der Waals surface area contributed by atoms with E-state index in [1.165, 1.54) is 0 Å². The molecular weight excluding hydrogens is 453 g/mol. The minimum atomic E-state index is 0. The van der Waals surface area contributed by atoms with Gasteiger partial charge in [0.15, 0.2) is 17.5 Å². The average Bonchev–Trinajstić information content (AvgIpc) is 2.80. The molecule has 0 aromatic heterocycles. The number of nitrogens with zero attached hydrogens (tertiary/aromatic N) is 1. The molecule has 1 aliphatic heterocycles. The number of nitrogens with one attached hydrogen (secondary N) is 1. The molecule has 1 heterocycles. The third-order valence-electron chi connectivity index (χ3n) is 3.75. The summed E-state index contributed by atoms with van der Waals surface area (Å²) >= 11 is 6.02. The molecule has 3 N–H and O–H groups in total. The minimum absolute atomic E-state index is 0. The lowest BCUT2D eigenvalue weighted by Crippen LogP contribution is -2.22. The highest BCUT2D eigenvalue weighted by Gasteiger charge is 2.10. The second-order valence-electron chi connectivity index (χ2n) is 5.61. The number of benzene rings is 2. The molecule has 0 radical (unpaired) electrons. The fourth-order valence-electron chi connectivity index (χ4n) is 2.41. The number of hydrogen-bond acceptors (Lipinski definition) is 3. The molecule has 5 nitrogen and oxygen atoms in total. The predicted molar refractivity (Wildman–Crippen MR) is 113 cm³/mol. The maximum Gasteiger partial charge on any atom is 0.193 e. The Labute approximate surface area is 169 Å². The van der Waals surface area contributed by atoms with Gasteiger partial charge in [-0.15, -0.1) is 24.0 Å². The van der Waals surface area contributed by atoms with E-state index < -0.39 is 0 Å². The lowest BCUT2D eigenvalue weighted by molar-refractivity contribution is 0.297. The van der Waals surface area contributed by atoms with Gasteiger partial charge >= 0.3 is 0 Å². The molecule has 7 heteroatoms. The number of rotatable bonds is 3. The molecule has 0 amide bonds. The Bertz CT molecular complexity index is 768. The lowest BCUT2D eigenvalue weighted by atomic mass is 10.1. The highest BCUT2D eigenvalue weighted by Crippen LogP contribution is 2.32. The van der Waals surface area contributed by atoms with Crippen molar-refractivity contribution in [2.24, 2.45) is 10.7 Å². The van der Waals surface area contributed by atoms with Crippen LogP contribution in [-0.2, 0) is 6.54 Å². The summed E-state index contributed by atoms with van der Waals surface area (Å²) in [5, 5.41) is 3.77. The van der Waals surface area contributed by atoms with E-state index in [1.807, 2.05) is 43.3 Å². The van der Waals surface area contributed by atoms with Crippen LogP contribution in [-0.4, -0.2) is 19.2 Å². The maximum absolute atomic E-state index is 6.02. The van der Waals surface area contributed by atoms with E-state index in [0.29, 0.717) is 30.7 Å². The van der Waals surface area contributed by atoms with E-state index in [2.05, 4.69) is 10.3 Å². The van der Waals surface area contributed by atoms with E-state index in [9.17, 15) is 0 Å². The van der Waals surface area contributed by atoms with Crippen LogP contribution in [0.5, 0.6) is 11.5 Å². The van der Waals surface area contributed by atoms with Gasteiger partial charge in [0.05, 0.1) is 19.8 Å². The number of halogens is 2. The van der Waals surface area contributed by atoms with Gasteiger partial charge in [0.25, 0.3) is 0 Å². The molecule has 0 spiro atoms. The SMILES string of the molecule is Cc1ccc(Cl)cc1CN=C(N)Nc1ccc2c(c1)OCCCO2.I. The summed E-state index contributed by atoms with van der Waals surface area (Å²) in [6.45, 7) is 3.81. The predicted octanol–water partition coefficient (Wildman–Crippen LogP) is 4.35. The molecule has 25 heavy (non-hydrogen) atoms. The van der Waals surface area contributed by atoms with Crippen LogP contribution in [0.1, 0.15) is 17.5 Å². The van der Waals surface area contributed by atoms with Crippen LogP contribution >= 0.6 is 35.6 Å². The van der Waals surface area contributed by atoms with Crippen molar-refractivity contribution in [2.45, 2.75) is 19.9 Å². The topological polar surface area (TPSA) is 68.9 Å². The summed E-state index contributed by atoms with van der Waals surface area (Å²) in [5.41, 5.74) is 8.97. The monoisotopic (exact) mass is 473 g/mol. The normalized spacial score (nSPS) is 13.6. The number of aryl methyl sites for hydroxylation is 1. The van der Waals surface area contributed by atoms with Gasteiger partial charge in [-0.2, -0.15) is 0 Å². The van der Waals surface area contributed by atoms with Gasteiger partial charge in [0, 0.05) is 23.2 Å². The zero-order valence-corrected chi connectivity index (χ0v) is 17.0. The van der Waals surface area contributed by atoms with Crippen molar-refractivity contribution in [3.05, 3.63) is 52.5 Å². The van der Waals surface area contributed by atoms with Crippen LogP contribution in [0, 0.1) is 6.92 Å². The Balaban J connectivity index is 0.00000225. The Hall–Kier alpha value is -1.67. The second kappa shape index (κ2) is 9.15. The van der Waals surface area contributed by atoms with E-state index >= 15 is 0 Å². The van der Waals surface area contributed by atoms with Gasteiger partial charge in [0.2, 0.25) is 0 Å². The molecule has 134 valence electrons. The number of aliphatic imine (C=N–C) groups is 1. The molecule has 3 rings (SSSR count). The maximum atomic E-state index is 6.02. The molecule has 0 bridgehead atoms. The summed E-state index contributed by atoms with van der Waals surface area (Å²) in [4.78, 5) is 4.37. The second-order valence-corrected chi connectivity index (χ2v) is 6.05. The Kier molecular flexibility index (Phi) is 7.19. The van der Waals surface area contributed by atoms with Crippen molar-refractivity contribution in [1.82, 2.24) is 0 Å². The van der Waals surface area contributed by atoms with Crippen LogP contribution in [0.2, 0.25) is 5.02 Å². The molecule has 0 aliphatic carbocycles. The van der Waals surface area contributed by atoms with Crippen molar-refractivity contribution in [1.29, 1.82) is 0 Å². The molecule has 0 saturated carbocycles. The first kappa shape index (κ1) is 19.7. The number of ether oxygens (including phenoxy) is 2. The zero-order valence-electron chi connectivity index (χ0n) is 13.9. The minimum Gasteiger partial charge on any atom is -0.490 e. The third-order valence-corrected chi connectivity index (χ3v) is 3.99. The standard InChI is InChI=1S/C18H20ClN3O2.HI/c1-12-3-4-14(19)9-13(12)11-21-18(20)22-15-5-6-16-17(10-15)24-8-2-7-23-16;/h3-6,9-10H,2,7-8,11H2,1H3,(H3,20,21,22);1H. The lowest BCUT2D eigenvalue weighted by Gasteiger charge is -2.11. The highest BCUT2D eigenvalue weighted by molar-refractivity contribution is 14.0. The van der Waals surface area contributed by atoms with E-state index in [1.54, 1.807) is 0 Å². The van der Waals surface area contributed by atoms with Crippen molar-refractivity contribution >= 4 is 47.2 Å². The molecule has 0 atom stereocenters. The Morgan fingerprint density at radius 2 is 1.92 bits per heavy atom. The molecule has 2 aromatic carbocycles. The number of guanidine groups is 1. The summed E-state index contributed by atoms with van der Waals surface area (Å²) in [7, 11) is 0. The van der Waals surface area contributed by atoms with Crippen LogP contribution < -0.4 is 20.5 Å². The van der Waals surface area contributed by atoms with E-state index in [0.717, 1.165) is 34.7 Å². The van der Waals surface area contributed by atoms with Crippen molar-refractivity contribution in [3.8, 4) is 11.5 Å². The quantitative estimate of drug-likeness (QED) is 0.395. The van der Waals surface area contributed by atoms with Crippen molar-refractivity contribution in [3.63, 3.8) is 0 Å². The fraction of sp³-hybridized carbons (Fsp3) is 0.278. The van der Waals surface area contributed by atoms with Gasteiger partial charge in [0.1, 0.15) is 0 Å². The largest absolute Gasteiger partial charge is 0.490 e. The smallest absolute Gasteiger partial charge is 0.193 e. The average molecular weight is 474 g/mol. The van der Waals surface area contributed by atoms with E-state index in [4.69, 9.17) is 26.8 Å². The first-order valence-corrected chi connectivity index (χ1v) is 8.21. The number of anilines is 1. The molecule has 0 fully saturated rings. The summed E-state index contributed by atoms with van der Waals surface area (Å²) in [5.74, 6) is 1.81. The Morgan fingerprint density at radius 1 is 1.16 bits per heavy atom. The van der Waals surface area contributed by atoms with Crippen molar-refractivity contribution < 1.29 is 9.47 Å². The van der Waals surface area contributed by atoms with Crippen LogP contribution in [0.4, 0.5) is 5.69 Å². The molecule has 0 saturated heterocycles. The van der Waals surface area contributed by atoms with Gasteiger partial charge in [-0.3, -0.25) is 0 Å². The molecule has 0 unspecified atom stereocenters. The first-order valence-electron chi connectivity index (χ1n) is 7.83. The molecular formula is C18H21ClIN3O2. The van der Waals surface area contributed by atoms with Gasteiger partial charge in [-0.25, -0.2) is 4.99 Å². The van der Waals surface area contributed by atoms with Crippen molar-refractivity contribution in [2.75, 3.05) is 18.5 Å². The summed E-state index contributed by atoms with van der Waals surface area (Å²) in [6.07, 6.45) is 0.875. The first-order chi connectivity index (χ1) is 11.6. The van der Waals surface area contributed by atoms with Gasteiger partial charge in [-0.05, 0) is 42.3 Å². The van der Waals surface area contributed by atoms with E-state index in [-0.39, 0.29) is 24.0 Å². The summed E-state index contributed by atoms with van der Waals surface area (Å²) in [6, 6.07) is 11.4. The van der Waals surface area contributed by atoms with Gasteiger partial charge < -0.3 is 20.5 Å². The van der Waals surface area contributed by atoms with Gasteiger partial charge in [-0.1, -0.05) is 17.7 Å². The molecule has 2 aromatic rings. The molecule has 1 aliphatic rings. The van der Waals surface area contributed by atoms with Crippen LogP contribution in [0.15, 0.2) is 41.4 Å². The van der Waals surface area contributed by atoms with Crippen LogP contribution in [0.25, 0.3) is 0 Å². The zero-order chi connectivity index (χ0) is 16.9. The number of hydrogen-bond donors (Lipinski definition) is 2. The highest BCUT2D eigenvalue weighted by atomic mass is 127. The third kappa shape index (κ3) is 5.40. The van der Waals surface area contributed by atoms with Crippen LogP contribution in [0.3, 0.4) is 0 Å². The Morgan fingerprint density at radius 3 is 2.72 bits per heavy atom.